The van der Waals surface area contributed by atoms with Gasteiger partial charge in [0, 0.05) is 17.2 Å². The summed E-state index contributed by atoms with van der Waals surface area (Å²) in [5, 5.41) is 7.60. The minimum absolute atomic E-state index is 0.284. The van der Waals surface area contributed by atoms with E-state index in [0.29, 0.717) is 17.8 Å². The lowest BCUT2D eigenvalue weighted by molar-refractivity contribution is -0.139. The normalized spacial score (nSPS) is 8.00. The van der Waals surface area contributed by atoms with Gasteiger partial charge >= 0.3 is 17.9 Å². The summed E-state index contributed by atoms with van der Waals surface area (Å²) in [6.45, 7) is 15.6. The molecule has 0 saturated heterocycles. The van der Waals surface area contributed by atoms with E-state index in [2.05, 4.69) is 31.4 Å². The van der Waals surface area contributed by atoms with Crippen molar-refractivity contribution in [1.82, 2.24) is 0 Å². The number of carbonyl (C=O) groups excluding carboxylic acids is 2. The summed E-state index contributed by atoms with van der Waals surface area (Å²) in [4.78, 5) is 30.1. The van der Waals surface area contributed by atoms with Crippen molar-refractivity contribution in [1.29, 1.82) is 0 Å². The Morgan fingerprint density at radius 3 is 1.68 bits per heavy atom. The molecule has 0 fully saturated rings. The highest BCUT2D eigenvalue weighted by atomic mass is 16.5. The molecule has 22 heavy (non-hydrogen) atoms. The molecule has 0 radical (unpaired) electrons. The van der Waals surface area contributed by atoms with Crippen molar-refractivity contribution in [2.24, 2.45) is 0 Å². The molecule has 0 aromatic rings. The molecule has 0 bridgehead atoms. The first kappa shape index (κ1) is 24.6. The molecule has 0 aliphatic carbocycles. The summed E-state index contributed by atoms with van der Waals surface area (Å²) < 4.78 is 9.08. The monoisotopic (exact) mass is 314 g/mol. The number of carboxylic acids is 1. The van der Waals surface area contributed by atoms with Crippen molar-refractivity contribution in [2.45, 2.75) is 33.6 Å². The molecular weight excluding hydrogens is 288 g/mol. The third kappa shape index (κ3) is 22.8. The van der Waals surface area contributed by atoms with Crippen molar-refractivity contribution < 1.29 is 29.0 Å². The number of rotatable bonds is 6. The van der Waals surface area contributed by atoms with E-state index < -0.39 is 5.97 Å². The number of methoxy groups -OCH3 is 1. The summed E-state index contributed by atoms with van der Waals surface area (Å²) in [7, 11) is 1.33. The number of hydrogen-bond donors (Lipinski definition) is 1. The second kappa shape index (κ2) is 16.7. The van der Waals surface area contributed by atoms with Gasteiger partial charge in [-0.3, -0.25) is 0 Å². The zero-order valence-corrected chi connectivity index (χ0v) is 13.8. The minimum atomic E-state index is -0.981. The van der Waals surface area contributed by atoms with Crippen LogP contribution in [0.1, 0.15) is 33.6 Å². The highest BCUT2D eigenvalue weighted by Gasteiger charge is 2.00. The Morgan fingerprint density at radius 1 is 1.09 bits per heavy atom. The Labute approximate surface area is 132 Å². The second-order valence-electron chi connectivity index (χ2n) is 4.08. The molecule has 0 saturated carbocycles. The number of carboxylic acid groups (broad SMARTS) is 1. The van der Waals surface area contributed by atoms with Crippen LogP contribution in [0.2, 0.25) is 0 Å². The van der Waals surface area contributed by atoms with Crippen molar-refractivity contribution in [3.8, 4) is 0 Å². The molecule has 126 valence electrons. The number of esters is 2. The van der Waals surface area contributed by atoms with E-state index in [1.165, 1.54) is 7.11 Å². The third-order valence-corrected chi connectivity index (χ3v) is 1.79. The van der Waals surface area contributed by atoms with Gasteiger partial charge in [-0.15, -0.1) is 0 Å². The van der Waals surface area contributed by atoms with Crippen LogP contribution in [-0.2, 0) is 23.9 Å². The van der Waals surface area contributed by atoms with Crippen LogP contribution < -0.4 is 0 Å². The van der Waals surface area contributed by atoms with E-state index in [1.807, 2.05) is 0 Å². The zero-order valence-electron chi connectivity index (χ0n) is 13.8. The van der Waals surface area contributed by atoms with Crippen LogP contribution in [0, 0.1) is 0 Å². The van der Waals surface area contributed by atoms with Crippen LogP contribution in [0.3, 0.4) is 0 Å². The second-order valence-corrected chi connectivity index (χ2v) is 4.08. The average Bonchev–Trinajstić information content (AvgIpc) is 2.47. The highest BCUT2D eigenvalue weighted by molar-refractivity contribution is 5.87. The van der Waals surface area contributed by atoms with Gasteiger partial charge in [0.15, 0.2) is 0 Å². The fraction of sp³-hybridized carbons (Fsp3) is 0.438. The molecule has 0 aromatic carbocycles. The van der Waals surface area contributed by atoms with E-state index in [1.54, 1.807) is 13.8 Å². The van der Waals surface area contributed by atoms with Gasteiger partial charge < -0.3 is 14.6 Å². The Hall–Kier alpha value is -2.37. The first-order valence-electron chi connectivity index (χ1n) is 6.55. The number of ether oxygens (including phenoxy) is 2. The Bertz CT molecular complexity index is 395. The van der Waals surface area contributed by atoms with Crippen LogP contribution in [0.15, 0.2) is 37.0 Å². The molecule has 0 aliphatic rings. The van der Waals surface area contributed by atoms with E-state index in [9.17, 15) is 14.4 Å². The van der Waals surface area contributed by atoms with Crippen LogP contribution >= 0.6 is 0 Å². The van der Waals surface area contributed by atoms with Crippen molar-refractivity contribution >= 4 is 17.9 Å². The standard InChI is InChI=1S/C8H14O2.C5H8O2.C3H4O2/c1-4-5-6-10-8(9)7(2)3;1-4(2)5(6)7-3;1-2-3(4)5/h2,4-6H2,1,3H3;1H2,2-3H3;2H,1H2,(H,4,5). The zero-order chi connectivity index (χ0) is 18.1. The predicted molar refractivity (Wildman–Crippen MR) is 85.3 cm³/mol. The predicted octanol–water partition coefficient (Wildman–Crippen LogP) is 2.90. The van der Waals surface area contributed by atoms with Crippen LogP contribution in [0.25, 0.3) is 0 Å². The molecule has 0 aliphatic heterocycles. The quantitative estimate of drug-likeness (QED) is 0.460. The topological polar surface area (TPSA) is 89.9 Å². The molecule has 0 unspecified atom stereocenters. The lowest BCUT2D eigenvalue weighted by atomic mass is 10.3. The van der Waals surface area contributed by atoms with Crippen molar-refractivity contribution in [2.75, 3.05) is 13.7 Å². The number of unbranched alkanes of at least 4 members (excludes halogenated alkanes) is 1. The molecule has 0 heterocycles. The van der Waals surface area contributed by atoms with Gasteiger partial charge in [0.05, 0.1) is 13.7 Å². The maximum absolute atomic E-state index is 10.7. The number of aliphatic carboxylic acids is 1. The minimum Gasteiger partial charge on any atom is -0.478 e. The fourth-order valence-electron chi connectivity index (χ4n) is 0.607. The largest absolute Gasteiger partial charge is 0.478 e. The van der Waals surface area contributed by atoms with Crippen LogP contribution in [-0.4, -0.2) is 36.7 Å². The van der Waals surface area contributed by atoms with Crippen molar-refractivity contribution in [3.05, 3.63) is 37.0 Å². The number of carbonyl (C=O) groups is 3. The van der Waals surface area contributed by atoms with E-state index in [4.69, 9.17) is 9.84 Å². The van der Waals surface area contributed by atoms with Gasteiger partial charge in [0.1, 0.15) is 0 Å². The molecule has 0 aromatic heterocycles. The average molecular weight is 314 g/mol. The first-order valence-corrected chi connectivity index (χ1v) is 6.55. The maximum atomic E-state index is 10.7. The lowest BCUT2D eigenvalue weighted by Crippen LogP contribution is -2.05. The Kier molecular flexibility index (Phi) is 18.7. The van der Waals surface area contributed by atoms with Crippen LogP contribution in [0.5, 0.6) is 0 Å². The van der Waals surface area contributed by atoms with Crippen LogP contribution in [0.4, 0.5) is 0 Å². The fourth-order valence-corrected chi connectivity index (χ4v) is 0.607. The van der Waals surface area contributed by atoms with Gasteiger partial charge in [-0.25, -0.2) is 14.4 Å². The molecule has 0 atom stereocenters. The van der Waals surface area contributed by atoms with E-state index >= 15 is 0 Å². The van der Waals surface area contributed by atoms with Gasteiger partial charge in [0.2, 0.25) is 0 Å². The molecule has 0 amide bonds. The summed E-state index contributed by atoms with van der Waals surface area (Å²) >= 11 is 0. The summed E-state index contributed by atoms with van der Waals surface area (Å²) in [5.74, 6) is -1.61. The molecule has 0 spiro atoms. The van der Waals surface area contributed by atoms with Gasteiger partial charge in [0.25, 0.3) is 0 Å². The van der Waals surface area contributed by atoms with Gasteiger partial charge in [-0.1, -0.05) is 33.1 Å². The molecular formula is C16H26O6. The molecule has 0 rings (SSSR count). The van der Waals surface area contributed by atoms with Gasteiger partial charge in [-0.2, -0.15) is 0 Å². The molecule has 6 nitrogen and oxygen atoms in total. The van der Waals surface area contributed by atoms with Gasteiger partial charge in [-0.05, 0) is 20.3 Å². The van der Waals surface area contributed by atoms with E-state index in [-0.39, 0.29) is 11.9 Å². The van der Waals surface area contributed by atoms with Crippen molar-refractivity contribution in [3.63, 3.8) is 0 Å². The summed E-state index contributed by atoms with van der Waals surface area (Å²) in [6.07, 6.45) is 2.81. The third-order valence-electron chi connectivity index (χ3n) is 1.79. The number of hydrogen-bond acceptors (Lipinski definition) is 5. The summed E-state index contributed by atoms with van der Waals surface area (Å²) in [6, 6.07) is 0. The molecule has 1 N–H and O–H groups in total. The lowest BCUT2D eigenvalue weighted by Gasteiger charge is -2.01. The Balaban J connectivity index is -0.000000263. The Morgan fingerprint density at radius 2 is 1.50 bits per heavy atom. The van der Waals surface area contributed by atoms with E-state index in [0.717, 1.165) is 18.9 Å². The first-order chi connectivity index (χ1) is 10.1. The summed E-state index contributed by atoms with van der Waals surface area (Å²) in [5.41, 5.74) is 0.901. The smallest absolute Gasteiger partial charge is 0.333 e. The maximum Gasteiger partial charge on any atom is 0.333 e. The molecule has 6 heteroatoms. The SMILES string of the molecule is C=C(C)C(=O)OC.C=C(C)C(=O)OCCCC.C=CC(=O)O. The highest BCUT2D eigenvalue weighted by Crippen LogP contribution is 1.94.